The van der Waals surface area contributed by atoms with Crippen LogP contribution in [0.25, 0.3) is 6.08 Å². The Hall–Kier alpha value is -2.29. The van der Waals surface area contributed by atoms with E-state index in [2.05, 4.69) is 36.9 Å². The van der Waals surface area contributed by atoms with Crippen molar-refractivity contribution in [2.75, 3.05) is 6.61 Å². The number of rotatable bonds is 4. The average Bonchev–Trinajstić information content (AvgIpc) is 3.04. The first-order chi connectivity index (χ1) is 14.9. The van der Waals surface area contributed by atoms with Gasteiger partial charge in [-0.1, -0.05) is 67.5 Å². The van der Waals surface area contributed by atoms with E-state index in [1.165, 1.54) is 11.3 Å². The van der Waals surface area contributed by atoms with Gasteiger partial charge in [0.1, 0.15) is 0 Å². The highest BCUT2D eigenvalue weighted by atomic mass is 79.9. The molecule has 158 valence electrons. The monoisotopic (exact) mass is 560 g/mol. The maximum atomic E-state index is 13.5. The SMILES string of the molecule is CCOC(=O)C1=C(C)N=c2s/c(=C/c3ccc(Br)cc3)c(=O)n2C1c1ccc(Br)cc1. The lowest BCUT2D eigenvalue weighted by Crippen LogP contribution is -2.39. The molecule has 2 heterocycles. The topological polar surface area (TPSA) is 60.7 Å². The number of ether oxygens (including phenoxy) is 1. The van der Waals surface area contributed by atoms with Crippen LogP contribution in [0.2, 0.25) is 0 Å². The molecule has 8 heteroatoms. The normalized spacial score (nSPS) is 16.1. The summed E-state index contributed by atoms with van der Waals surface area (Å²) in [6.07, 6.45) is 1.85. The van der Waals surface area contributed by atoms with Crippen LogP contribution in [0.4, 0.5) is 0 Å². The number of thiazole rings is 1. The fraction of sp³-hybridized carbons (Fsp3) is 0.174. The molecular weight excluding hydrogens is 544 g/mol. The number of hydrogen-bond acceptors (Lipinski definition) is 5. The zero-order valence-electron chi connectivity index (χ0n) is 16.8. The molecule has 0 bridgehead atoms. The molecule has 0 amide bonds. The van der Waals surface area contributed by atoms with Crippen LogP contribution in [0, 0.1) is 0 Å². The van der Waals surface area contributed by atoms with Crippen molar-refractivity contribution in [3.8, 4) is 0 Å². The van der Waals surface area contributed by atoms with Crippen molar-refractivity contribution < 1.29 is 9.53 Å². The second kappa shape index (κ2) is 9.06. The standard InChI is InChI=1S/C23H18Br2N2O3S/c1-3-30-22(29)19-13(2)26-23-27(20(19)15-6-10-17(25)11-7-15)21(28)18(31-23)12-14-4-8-16(24)9-5-14/h4-12,20H,3H2,1-2H3/b18-12+. The van der Waals surface area contributed by atoms with Crippen molar-refractivity contribution >= 4 is 55.2 Å². The van der Waals surface area contributed by atoms with E-state index in [1.54, 1.807) is 18.4 Å². The first-order valence-corrected chi connectivity index (χ1v) is 12.0. The summed E-state index contributed by atoms with van der Waals surface area (Å²) in [6.45, 7) is 3.79. The van der Waals surface area contributed by atoms with Crippen molar-refractivity contribution in [3.05, 3.63) is 99.6 Å². The van der Waals surface area contributed by atoms with E-state index in [0.29, 0.717) is 20.6 Å². The van der Waals surface area contributed by atoms with Gasteiger partial charge in [0.05, 0.1) is 28.5 Å². The third kappa shape index (κ3) is 4.37. The number of benzene rings is 2. The van der Waals surface area contributed by atoms with Crippen LogP contribution in [-0.4, -0.2) is 17.1 Å². The van der Waals surface area contributed by atoms with Gasteiger partial charge in [0, 0.05) is 8.95 Å². The van der Waals surface area contributed by atoms with Crippen LogP contribution in [0.1, 0.15) is 31.0 Å². The Balaban J connectivity index is 1.94. The van der Waals surface area contributed by atoms with Gasteiger partial charge in [-0.2, -0.15) is 0 Å². The van der Waals surface area contributed by atoms with Gasteiger partial charge < -0.3 is 4.74 Å². The molecule has 0 aliphatic carbocycles. The minimum atomic E-state index is -0.601. The fourth-order valence-electron chi connectivity index (χ4n) is 3.46. The van der Waals surface area contributed by atoms with Gasteiger partial charge in [-0.25, -0.2) is 9.79 Å². The van der Waals surface area contributed by atoms with Gasteiger partial charge in [-0.3, -0.25) is 9.36 Å². The Kier molecular flexibility index (Phi) is 6.41. The zero-order chi connectivity index (χ0) is 22.1. The summed E-state index contributed by atoms with van der Waals surface area (Å²) in [5.41, 5.74) is 2.48. The van der Waals surface area contributed by atoms with E-state index < -0.39 is 12.0 Å². The molecule has 0 saturated heterocycles. The number of aromatic nitrogens is 1. The van der Waals surface area contributed by atoms with E-state index >= 15 is 0 Å². The van der Waals surface area contributed by atoms with Crippen LogP contribution in [-0.2, 0) is 9.53 Å². The van der Waals surface area contributed by atoms with Crippen LogP contribution in [0.15, 0.2) is 78.5 Å². The largest absolute Gasteiger partial charge is 0.463 e. The van der Waals surface area contributed by atoms with Crippen molar-refractivity contribution in [2.24, 2.45) is 4.99 Å². The first kappa shape index (κ1) is 21.9. The third-order valence-corrected chi connectivity index (χ3v) is 6.91. The fourth-order valence-corrected chi connectivity index (χ4v) is 5.04. The second-order valence-corrected chi connectivity index (χ2v) is 9.75. The van der Waals surface area contributed by atoms with E-state index in [-0.39, 0.29) is 12.2 Å². The lowest BCUT2D eigenvalue weighted by molar-refractivity contribution is -0.139. The molecule has 5 nitrogen and oxygen atoms in total. The quantitative estimate of drug-likeness (QED) is 0.446. The maximum Gasteiger partial charge on any atom is 0.338 e. The van der Waals surface area contributed by atoms with Crippen LogP contribution < -0.4 is 14.9 Å². The number of esters is 1. The molecule has 1 aliphatic heterocycles. The average molecular weight is 562 g/mol. The van der Waals surface area contributed by atoms with Crippen LogP contribution in [0.5, 0.6) is 0 Å². The van der Waals surface area contributed by atoms with Crippen LogP contribution in [0.3, 0.4) is 0 Å². The van der Waals surface area contributed by atoms with Gasteiger partial charge in [0.15, 0.2) is 4.80 Å². The van der Waals surface area contributed by atoms with Gasteiger partial charge in [-0.15, -0.1) is 0 Å². The van der Waals surface area contributed by atoms with E-state index in [1.807, 2.05) is 54.6 Å². The number of allylic oxidation sites excluding steroid dienone is 1. The maximum absolute atomic E-state index is 13.5. The van der Waals surface area contributed by atoms with Gasteiger partial charge >= 0.3 is 5.97 Å². The minimum Gasteiger partial charge on any atom is -0.463 e. The minimum absolute atomic E-state index is 0.186. The van der Waals surface area contributed by atoms with E-state index in [4.69, 9.17) is 4.74 Å². The molecule has 1 aromatic heterocycles. The van der Waals surface area contributed by atoms with Crippen molar-refractivity contribution in [2.45, 2.75) is 19.9 Å². The van der Waals surface area contributed by atoms with Crippen molar-refractivity contribution in [1.82, 2.24) is 4.57 Å². The molecule has 1 aliphatic rings. The third-order valence-electron chi connectivity index (χ3n) is 4.87. The van der Waals surface area contributed by atoms with Gasteiger partial charge in [-0.05, 0) is 55.3 Å². The number of nitrogens with zero attached hydrogens (tertiary/aromatic N) is 2. The summed E-state index contributed by atoms with van der Waals surface area (Å²) in [4.78, 5) is 31.4. The molecule has 0 spiro atoms. The Bertz CT molecular complexity index is 1350. The van der Waals surface area contributed by atoms with Crippen molar-refractivity contribution in [1.29, 1.82) is 0 Å². The number of carbonyl (C=O) groups is 1. The van der Waals surface area contributed by atoms with E-state index in [0.717, 1.165) is 20.1 Å². The molecule has 0 radical (unpaired) electrons. The molecule has 1 atom stereocenters. The Morgan fingerprint density at radius 1 is 1.13 bits per heavy atom. The summed E-state index contributed by atoms with van der Waals surface area (Å²) in [6, 6.07) is 14.7. The zero-order valence-corrected chi connectivity index (χ0v) is 20.8. The first-order valence-electron chi connectivity index (χ1n) is 9.59. The van der Waals surface area contributed by atoms with Gasteiger partial charge in [0.25, 0.3) is 5.56 Å². The molecular formula is C23H18Br2N2O3S. The summed E-state index contributed by atoms with van der Waals surface area (Å²) in [5, 5.41) is 0. The summed E-state index contributed by atoms with van der Waals surface area (Å²) in [5.74, 6) is -0.459. The number of carbonyl (C=O) groups excluding carboxylic acids is 1. The summed E-state index contributed by atoms with van der Waals surface area (Å²) in [7, 11) is 0. The Morgan fingerprint density at radius 3 is 2.35 bits per heavy atom. The second-order valence-electron chi connectivity index (χ2n) is 6.91. The summed E-state index contributed by atoms with van der Waals surface area (Å²) >= 11 is 8.19. The predicted octanol–water partition coefficient (Wildman–Crippen LogP) is 4.32. The molecule has 0 saturated carbocycles. The van der Waals surface area contributed by atoms with Crippen LogP contribution >= 0.6 is 43.2 Å². The molecule has 31 heavy (non-hydrogen) atoms. The molecule has 2 aromatic carbocycles. The molecule has 1 unspecified atom stereocenters. The Morgan fingerprint density at radius 2 is 1.74 bits per heavy atom. The molecule has 4 rings (SSSR count). The number of halogens is 2. The molecule has 0 N–H and O–H groups in total. The predicted molar refractivity (Wildman–Crippen MR) is 129 cm³/mol. The van der Waals surface area contributed by atoms with Gasteiger partial charge in [0.2, 0.25) is 0 Å². The smallest absolute Gasteiger partial charge is 0.338 e. The summed E-state index contributed by atoms with van der Waals surface area (Å²) < 4.78 is 9.34. The highest BCUT2D eigenvalue weighted by Crippen LogP contribution is 2.31. The number of hydrogen-bond donors (Lipinski definition) is 0. The van der Waals surface area contributed by atoms with E-state index in [9.17, 15) is 9.59 Å². The highest BCUT2D eigenvalue weighted by Gasteiger charge is 2.33. The molecule has 3 aromatic rings. The lowest BCUT2D eigenvalue weighted by atomic mass is 9.96. The van der Waals surface area contributed by atoms with Crippen molar-refractivity contribution in [3.63, 3.8) is 0 Å². The molecule has 0 fully saturated rings. The highest BCUT2D eigenvalue weighted by molar-refractivity contribution is 9.10. The Labute approximate surface area is 199 Å². The number of fused-ring (bicyclic) bond motifs is 1. The lowest BCUT2D eigenvalue weighted by Gasteiger charge is -2.24.